The lowest BCUT2D eigenvalue weighted by molar-refractivity contribution is -0.137. The van der Waals surface area contributed by atoms with Gasteiger partial charge in [-0.05, 0) is 61.9 Å². The van der Waals surface area contributed by atoms with E-state index < -0.39 is 21.3 Å². The van der Waals surface area contributed by atoms with Crippen molar-refractivity contribution in [2.45, 2.75) is 35.6 Å². The molecule has 2 heterocycles. The maximum absolute atomic E-state index is 13.5. The average Bonchev–Trinajstić information content (AvgIpc) is 2.86. The lowest BCUT2D eigenvalue weighted by Crippen LogP contribution is -2.52. The van der Waals surface area contributed by atoms with E-state index in [1.807, 2.05) is 0 Å². The van der Waals surface area contributed by atoms with Crippen molar-refractivity contribution >= 4 is 44.6 Å². The SMILES string of the molecule is O=C(COC(C1CCCCN1)S(=O)(=O)c1ccc(Cl)c(Cl)c1)N1CCN(c2ccc(F)cc2)CC1. The third kappa shape index (κ3) is 6.27. The number of nitrogens with zero attached hydrogens (tertiary/aromatic N) is 2. The number of halogens is 3. The van der Waals surface area contributed by atoms with Crippen LogP contribution in [0.5, 0.6) is 0 Å². The molecule has 0 spiro atoms. The predicted octanol–water partition coefficient (Wildman–Crippen LogP) is 3.74. The van der Waals surface area contributed by atoms with Crippen LogP contribution in [-0.2, 0) is 19.4 Å². The van der Waals surface area contributed by atoms with Crippen LogP contribution in [0.1, 0.15) is 19.3 Å². The largest absolute Gasteiger partial charge is 0.368 e. The molecule has 2 aliphatic heterocycles. The quantitative estimate of drug-likeness (QED) is 0.573. The van der Waals surface area contributed by atoms with E-state index in [0.717, 1.165) is 18.5 Å². The van der Waals surface area contributed by atoms with E-state index in [-0.39, 0.29) is 33.3 Å². The van der Waals surface area contributed by atoms with Crippen molar-refractivity contribution < 1.29 is 22.3 Å². The molecular formula is C24H28Cl2FN3O4S. The molecule has 190 valence electrons. The molecule has 2 saturated heterocycles. The van der Waals surface area contributed by atoms with Crippen molar-refractivity contribution in [2.24, 2.45) is 0 Å². The van der Waals surface area contributed by atoms with Crippen molar-refractivity contribution in [2.75, 3.05) is 44.2 Å². The summed E-state index contributed by atoms with van der Waals surface area (Å²) in [5.41, 5.74) is -0.338. The molecule has 2 atom stereocenters. The van der Waals surface area contributed by atoms with Crippen LogP contribution < -0.4 is 10.2 Å². The summed E-state index contributed by atoms with van der Waals surface area (Å²) in [4.78, 5) is 16.7. The van der Waals surface area contributed by atoms with Crippen LogP contribution in [0.2, 0.25) is 10.0 Å². The molecule has 2 aromatic rings. The lowest BCUT2D eigenvalue weighted by Gasteiger charge is -2.36. The van der Waals surface area contributed by atoms with Crippen molar-refractivity contribution in [1.82, 2.24) is 10.2 Å². The van der Waals surface area contributed by atoms with Gasteiger partial charge in [0.1, 0.15) is 12.4 Å². The third-order valence-corrected chi connectivity index (χ3v) is 9.12. The van der Waals surface area contributed by atoms with Gasteiger partial charge in [0.25, 0.3) is 0 Å². The Morgan fingerprint density at radius 2 is 1.77 bits per heavy atom. The van der Waals surface area contributed by atoms with Gasteiger partial charge in [-0.15, -0.1) is 0 Å². The molecule has 2 unspecified atom stereocenters. The number of amides is 1. The van der Waals surface area contributed by atoms with Gasteiger partial charge in [0.05, 0.1) is 14.9 Å². The average molecular weight is 544 g/mol. The van der Waals surface area contributed by atoms with Gasteiger partial charge in [-0.3, -0.25) is 4.79 Å². The zero-order valence-electron chi connectivity index (χ0n) is 19.1. The van der Waals surface area contributed by atoms with Crippen molar-refractivity contribution in [3.63, 3.8) is 0 Å². The van der Waals surface area contributed by atoms with Gasteiger partial charge in [-0.25, -0.2) is 12.8 Å². The fourth-order valence-electron chi connectivity index (χ4n) is 4.43. The molecule has 2 aromatic carbocycles. The molecule has 7 nitrogen and oxygen atoms in total. The van der Waals surface area contributed by atoms with Gasteiger partial charge in [0.15, 0.2) is 5.44 Å². The molecule has 11 heteroatoms. The van der Waals surface area contributed by atoms with Crippen molar-refractivity contribution in [3.05, 3.63) is 58.3 Å². The number of ether oxygens (including phenoxy) is 1. The van der Waals surface area contributed by atoms with Crippen LogP contribution in [0.4, 0.5) is 10.1 Å². The summed E-state index contributed by atoms with van der Waals surface area (Å²) < 4.78 is 46.0. The summed E-state index contributed by atoms with van der Waals surface area (Å²) >= 11 is 12.0. The van der Waals surface area contributed by atoms with Gasteiger partial charge in [-0.2, -0.15) is 0 Å². The highest BCUT2D eigenvalue weighted by Crippen LogP contribution is 2.29. The number of hydrogen-bond acceptors (Lipinski definition) is 6. The maximum Gasteiger partial charge on any atom is 0.248 e. The van der Waals surface area contributed by atoms with E-state index in [4.69, 9.17) is 27.9 Å². The Labute approximate surface area is 215 Å². The molecule has 0 aliphatic carbocycles. The fourth-order valence-corrected chi connectivity index (χ4v) is 6.51. The van der Waals surface area contributed by atoms with Gasteiger partial charge in [0, 0.05) is 37.9 Å². The summed E-state index contributed by atoms with van der Waals surface area (Å²) in [6.45, 7) is 2.44. The van der Waals surface area contributed by atoms with Gasteiger partial charge >= 0.3 is 0 Å². The maximum atomic E-state index is 13.5. The number of rotatable bonds is 7. The zero-order valence-corrected chi connectivity index (χ0v) is 21.5. The van der Waals surface area contributed by atoms with Crippen LogP contribution >= 0.6 is 23.2 Å². The number of sulfone groups is 1. The normalized spacial score (nSPS) is 20.0. The van der Waals surface area contributed by atoms with Crippen LogP contribution in [0.15, 0.2) is 47.4 Å². The highest BCUT2D eigenvalue weighted by atomic mass is 35.5. The second-order valence-corrected chi connectivity index (χ2v) is 11.5. The number of anilines is 1. The minimum Gasteiger partial charge on any atom is -0.368 e. The molecule has 0 aromatic heterocycles. The third-order valence-electron chi connectivity index (χ3n) is 6.40. The van der Waals surface area contributed by atoms with Gasteiger partial charge < -0.3 is 19.9 Å². The minimum atomic E-state index is -3.95. The van der Waals surface area contributed by atoms with E-state index in [1.54, 1.807) is 17.0 Å². The number of benzene rings is 2. The molecule has 0 bridgehead atoms. The Kier molecular flexibility index (Phi) is 8.54. The minimum absolute atomic E-state index is 0.00429. The zero-order chi connectivity index (χ0) is 25.0. The smallest absolute Gasteiger partial charge is 0.248 e. The van der Waals surface area contributed by atoms with E-state index in [2.05, 4.69) is 10.2 Å². The summed E-state index contributed by atoms with van der Waals surface area (Å²) in [6, 6.07) is 9.97. The summed E-state index contributed by atoms with van der Waals surface area (Å²) in [7, 11) is -3.95. The lowest BCUT2D eigenvalue weighted by atomic mass is 10.1. The number of carbonyl (C=O) groups excluding carboxylic acids is 1. The molecule has 1 N–H and O–H groups in total. The Hall–Kier alpha value is -1.91. The molecular weight excluding hydrogens is 516 g/mol. The Morgan fingerprint density at radius 1 is 1.06 bits per heavy atom. The van der Waals surface area contributed by atoms with E-state index >= 15 is 0 Å². The van der Waals surface area contributed by atoms with Gasteiger partial charge in [-0.1, -0.05) is 29.6 Å². The molecule has 2 fully saturated rings. The number of piperazine rings is 1. The number of carbonyl (C=O) groups is 1. The molecule has 4 rings (SSSR count). The molecule has 2 aliphatic rings. The number of piperidine rings is 1. The number of hydrogen-bond donors (Lipinski definition) is 1. The molecule has 35 heavy (non-hydrogen) atoms. The fraction of sp³-hybridized carbons (Fsp3) is 0.458. The highest BCUT2D eigenvalue weighted by molar-refractivity contribution is 7.92. The first-order valence-electron chi connectivity index (χ1n) is 11.6. The topological polar surface area (TPSA) is 78.9 Å². The molecule has 0 saturated carbocycles. The second-order valence-electron chi connectivity index (χ2n) is 8.70. The summed E-state index contributed by atoms with van der Waals surface area (Å²) in [5.74, 6) is -0.563. The van der Waals surface area contributed by atoms with E-state index in [9.17, 15) is 17.6 Å². The van der Waals surface area contributed by atoms with Crippen LogP contribution in [0.25, 0.3) is 0 Å². The van der Waals surface area contributed by atoms with E-state index in [0.29, 0.717) is 39.1 Å². The van der Waals surface area contributed by atoms with E-state index in [1.165, 1.54) is 30.3 Å². The monoisotopic (exact) mass is 543 g/mol. The predicted molar refractivity (Wildman–Crippen MR) is 134 cm³/mol. The Balaban J connectivity index is 1.41. The van der Waals surface area contributed by atoms with Crippen LogP contribution in [0.3, 0.4) is 0 Å². The standard InChI is InChI=1S/C24H28Cl2FN3O4S/c25-20-9-8-19(15-21(20)26)35(32,33)24(22-3-1-2-10-28-22)34-16-23(31)30-13-11-29(12-14-30)18-6-4-17(27)5-7-18/h4-9,15,22,24,28H,1-3,10-14,16H2. The Bertz CT molecular complexity index is 1140. The molecule has 0 radical (unpaired) electrons. The highest BCUT2D eigenvalue weighted by Gasteiger charge is 2.37. The summed E-state index contributed by atoms with van der Waals surface area (Å²) in [5, 5.41) is 3.63. The van der Waals surface area contributed by atoms with Crippen LogP contribution in [0, 0.1) is 5.82 Å². The summed E-state index contributed by atoms with van der Waals surface area (Å²) in [6.07, 6.45) is 2.44. The second kappa shape index (κ2) is 11.4. The van der Waals surface area contributed by atoms with Crippen molar-refractivity contribution in [1.29, 1.82) is 0 Å². The molecule has 1 amide bonds. The first-order valence-corrected chi connectivity index (χ1v) is 13.9. The Morgan fingerprint density at radius 3 is 2.40 bits per heavy atom. The van der Waals surface area contributed by atoms with Crippen LogP contribution in [-0.4, -0.2) is 70.0 Å². The number of nitrogens with one attached hydrogen (secondary N) is 1. The van der Waals surface area contributed by atoms with Gasteiger partial charge in [0.2, 0.25) is 15.7 Å². The first kappa shape index (κ1) is 26.2. The van der Waals surface area contributed by atoms with Crippen molar-refractivity contribution in [3.8, 4) is 0 Å². The first-order chi connectivity index (χ1) is 16.8.